The average molecular weight is 294 g/mol. The number of rotatable bonds is 5. The summed E-state index contributed by atoms with van der Waals surface area (Å²) in [6, 6.07) is 5.04. The van der Waals surface area contributed by atoms with Gasteiger partial charge in [-0.25, -0.2) is 4.79 Å². The van der Waals surface area contributed by atoms with Gasteiger partial charge in [0.05, 0.1) is 30.4 Å². The van der Waals surface area contributed by atoms with E-state index in [0.29, 0.717) is 22.8 Å². The third-order valence-corrected chi connectivity index (χ3v) is 3.61. The smallest absolute Gasteiger partial charge is 0.353 e. The largest absolute Gasteiger partial charge is 0.496 e. The second-order valence-electron chi connectivity index (χ2n) is 3.85. The molecule has 20 heavy (non-hydrogen) atoms. The number of aromatic nitrogens is 2. The first-order valence-electron chi connectivity index (χ1n) is 5.70. The standard InChI is InChI=1S/C13H14N2O4S/c1-18-9-4-5-10(19-2)12(20-3)11(9)7-6-8(13(16)17)15-14-7/h4-6H,1-3H3,(H,14,15)(H,16,17). The summed E-state index contributed by atoms with van der Waals surface area (Å²) in [6.07, 6.45) is 1.91. The number of hydrogen-bond acceptors (Lipinski definition) is 5. The van der Waals surface area contributed by atoms with Gasteiger partial charge in [-0.05, 0) is 24.5 Å². The Morgan fingerprint density at radius 1 is 1.30 bits per heavy atom. The van der Waals surface area contributed by atoms with Crippen LogP contribution in [-0.4, -0.2) is 41.7 Å². The van der Waals surface area contributed by atoms with Crippen LogP contribution in [0.5, 0.6) is 11.5 Å². The number of nitrogens with zero attached hydrogens (tertiary/aromatic N) is 1. The van der Waals surface area contributed by atoms with Crippen LogP contribution in [0.2, 0.25) is 0 Å². The summed E-state index contributed by atoms with van der Waals surface area (Å²) in [6.45, 7) is 0. The highest BCUT2D eigenvalue weighted by atomic mass is 32.2. The molecule has 0 atom stereocenters. The van der Waals surface area contributed by atoms with Crippen LogP contribution in [0.15, 0.2) is 23.1 Å². The van der Waals surface area contributed by atoms with Crippen LogP contribution in [0.3, 0.4) is 0 Å². The molecule has 106 valence electrons. The number of carbonyl (C=O) groups is 1. The number of nitrogens with one attached hydrogen (secondary N) is 1. The Bertz CT molecular complexity index is 639. The third kappa shape index (κ3) is 2.44. The summed E-state index contributed by atoms with van der Waals surface area (Å²) >= 11 is 1.48. The van der Waals surface area contributed by atoms with E-state index >= 15 is 0 Å². The molecule has 2 N–H and O–H groups in total. The van der Waals surface area contributed by atoms with Crippen molar-refractivity contribution in [3.05, 3.63) is 23.9 Å². The Labute approximate surface area is 120 Å². The van der Waals surface area contributed by atoms with E-state index in [1.54, 1.807) is 26.4 Å². The van der Waals surface area contributed by atoms with Crippen LogP contribution in [0.4, 0.5) is 0 Å². The molecule has 0 saturated heterocycles. The van der Waals surface area contributed by atoms with E-state index in [4.69, 9.17) is 14.6 Å². The second-order valence-corrected chi connectivity index (χ2v) is 4.67. The van der Waals surface area contributed by atoms with E-state index < -0.39 is 5.97 Å². The lowest BCUT2D eigenvalue weighted by Crippen LogP contribution is -1.95. The van der Waals surface area contributed by atoms with Gasteiger partial charge in [0.25, 0.3) is 0 Å². The number of methoxy groups -OCH3 is 2. The summed E-state index contributed by atoms with van der Waals surface area (Å²) in [5.74, 6) is 0.239. The van der Waals surface area contributed by atoms with Gasteiger partial charge >= 0.3 is 5.97 Å². The quantitative estimate of drug-likeness (QED) is 0.824. The van der Waals surface area contributed by atoms with Gasteiger partial charge in [-0.15, -0.1) is 11.8 Å². The van der Waals surface area contributed by atoms with E-state index in [9.17, 15) is 4.79 Å². The number of aromatic amines is 1. The third-order valence-electron chi connectivity index (χ3n) is 2.79. The number of hydrogen-bond donors (Lipinski definition) is 2. The Morgan fingerprint density at radius 3 is 2.45 bits per heavy atom. The van der Waals surface area contributed by atoms with Crippen LogP contribution in [0.1, 0.15) is 10.5 Å². The van der Waals surface area contributed by atoms with Gasteiger partial charge in [0.1, 0.15) is 17.2 Å². The zero-order valence-corrected chi connectivity index (χ0v) is 12.1. The molecule has 0 amide bonds. The SMILES string of the molecule is COc1ccc(OC)c(-c2cc(C(=O)O)[nH]n2)c1SC. The predicted octanol–water partition coefficient (Wildman–Crippen LogP) is 2.51. The van der Waals surface area contributed by atoms with Crippen molar-refractivity contribution < 1.29 is 19.4 Å². The van der Waals surface area contributed by atoms with Gasteiger partial charge in [0.15, 0.2) is 0 Å². The molecule has 0 aliphatic carbocycles. The molecule has 0 fully saturated rings. The first-order valence-corrected chi connectivity index (χ1v) is 6.92. The number of ether oxygens (including phenoxy) is 2. The van der Waals surface area contributed by atoms with E-state index in [0.717, 1.165) is 4.90 Å². The number of benzene rings is 1. The van der Waals surface area contributed by atoms with Crippen molar-refractivity contribution in [3.63, 3.8) is 0 Å². The molecule has 0 unspecified atom stereocenters. The van der Waals surface area contributed by atoms with E-state index in [1.165, 1.54) is 17.8 Å². The summed E-state index contributed by atoms with van der Waals surface area (Å²) in [4.78, 5) is 11.8. The molecule has 0 saturated carbocycles. The van der Waals surface area contributed by atoms with Crippen LogP contribution >= 0.6 is 11.8 Å². The molecule has 1 aromatic heterocycles. The Kier molecular flexibility index (Phi) is 4.19. The van der Waals surface area contributed by atoms with Crippen molar-refractivity contribution in [1.29, 1.82) is 0 Å². The molecule has 0 radical (unpaired) electrons. The second kappa shape index (κ2) is 5.87. The minimum absolute atomic E-state index is 0.0249. The molecular weight excluding hydrogens is 280 g/mol. The maximum absolute atomic E-state index is 10.9. The highest BCUT2D eigenvalue weighted by Gasteiger charge is 2.19. The first-order chi connectivity index (χ1) is 9.62. The number of carboxylic acids is 1. The van der Waals surface area contributed by atoms with E-state index in [2.05, 4.69) is 10.2 Å². The van der Waals surface area contributed by atoms with Crippen molar-refractivity contribution in [2.24, 2.45) is 0 Å². The van der Waals surface area contributed by atoms with Crippen LogP contribution in [-0.2, 0) is 0 Å². The molecule has 2 rings (SSSR count). The van der Waals surface area contributed by atoms with Gasteiger partial charge in [0, 0.05) is 0 Å². The Balaban J connectivity index is 2.65. The summed E-state index contributed by atoms with van der Waals surface area (Å²) in [5, 5.41) is 15.5. The molecule has 1 aromatic carbocycles. The molecule has 0 aliphatic rings. The lowest BCUT2D eigenvalue weighted by Gasteiger charge is -2.14. The number of H-pyrrole nitrogens is 1. The van der Waals surface area contributed by atoms with Crippen molar-refractivity contribution in [2.75, 3.05) is 20.5 Å². The maximum atomic E-state index is 10.9. The van der Waals surface area contributed by atoms with Crippen LogP contribution in [0.25, 0.3) is 11.3 Å². The molecule has 0 spiro atoms. The molecule has 6 nitrogen and oxygen atoms in total. The molecule has 1 heterocycles. The van der Waals surface area contributed by atoms with Gasteiger partial charge in [-0.2, -0.15) is 5.10 Å². The molecule has 0 bridgehead atoms. The molecule has 2 aromatic rings. The van der Waals surface area contributed by atoms with Crippen molar-refractivity contribution >= 4 is 17.7 Å². The number of aromatic carboxylic acids is 1. The van der Waals surface area contributed by atoms with Gasteiger partial charge in [-0.1, -0.05) is 0 Å². The lowest BCUT2D eigenvalue weighted by atomic mass is 10.1. The minimum atomic E-state index is -1.06. The lowest BCUT2D eigenvalue weighted by molar-refractivity contribution is 0.0690. The highest BCUT2D eigenvalue weighted by Crippen LogP contribution is 2.42. The predicted molar refractivity (Wildman–Crippen MR) is 75.9 cm³/mol. The Morgan fingerprint density at radius 2 is 1.95 bits per heavy atom. The summed E-state index contributed by atoms with van der Waals surface area (Å²) in [5.41, 5.74) is 1.24. The van der Waals surface area contributed by atoms with Gasteiger partial charge < -0.3 is 14.6 Å². The molecule has 7 heteroatoms. The van der Waals surface area contributed by atoms with Crippen LogP contribution < -0.4 is 9.47 Å². The fourth-order valence-electron chi connectivity index (χ4n) is 1.88. The topological polar surface area (TPSA) is 84.4 Å². The zero-order chi connectivity index (χ0) is 14.7. The van der Waals surface area contributed by atoms with Gasteiger partial charge in [0.2, 0.25) is 0 Å². The van der Waals surface area contributed by atoms with E-state index in [-0.39, 0.29) is 5.69 Å². The summed E-state index contributed by atoms with van der Waals surface area (Å²) < 4.78 is 10.7. The Hall–Kier alpha value is -2.15. The van der Waals surface area contributed by atoms with Crippen molar-refractivity contribution in [1.82, 2.24) is 10.2 Å². The fourth-order valence-corrected chi connectivity index (χ4v) is 2.64. The van der Waals surface area contributed by atoms with E-state index in [1.807, 2.05) is 6.26 Å². The monoisotopic (exact) mass is 294 g/mol. The summed E-state index contributed by atoms with van der Waals surface area (Å²) in [7, 11) is 3.14. The highest BCUT2D eigenvalue weighted by molar-refractivity contribution is 7.98. The average Bonchev–Trinajstić information content (AvgIpc) is 2.95. The minimum Gasteiger partial charge on any atom is -0.496 e. The normalized spacial score (nSPS) is 10.3. The number of thioether (sulfide) groups is 1. The number of carboxylic acid groups (broad SMARTS) is 1. The van der Waals surface area contributed by atoms with Crippen LogP contribution in [0, 0.1) is 0 Å². The van der Waals surface area contributed by atoms with Crippen molar-refractivity contribution in [3.8, 4) is 22.8 Å². The van der Waals surface area contributed by atoms with Crippen molar-refractivity contribution in [2.45, 2.75) is 4.90 Å². The van der Waals surface area contributed by atoms with Gasteiger partial charge in [-0.3, -0.25) is 5.10 Å². The molecular formula is C13H14N2O4S. The maximum Gasteiger partial charge on any atom is 0.353 e. The fraction of sp³-hybridized carbons (Fsp3) is 0.231. The molecule has 0 aliphatic heterocycles. The first kappa shape index (κ1) is 14.3. The zero-order valence-electron chi connectivity index (χ0n) is 11.3.